The molecule has 1 aromatic carbocycles. The maximum absolute atomic E-state index is 12.7. The van der Waals surface area contributed by atoms with E-state index in [1.54, 1.807) is 12.1 Å². The molecule has 4 amide bonds. The Morgan fingerprint density at radius 2 is 2.08 bits per heavy atom. The second kappa shape index (κ2) is 7.15. The van der Waals surface area contributed by atoms with Crippen LogP contribution in [0.5, 0.6) is 0 Å². The molecule has 1 unspecified atom stereocenters. The molecular weight excluding hydrogens is 336 g/mol. The number of hydrogen-bond acceptors (Lipinski definition) is 5. The Labute approximate surface area is 151 Å². The lowest BCUT2D eigenvalue weighted by Crippen LogP contribution is -2.52. The first-order valence-corrected chi connectivity index (χ1v) is 8.66. The van der Waals surface area contributed by atoms with Crippen LogP contribution in [0, 0.1) is 0 Å². The number of carbonyl (C=O) groups is 4. The van der Waals surface area contributed by atoms with Crippen molar-refractivity contribution in [1.29, 1.82) is 0 Å². The number of piperidine rings is 1. The Hall–Kier alpha value is -2.90. The summed E-state index contributed by atoms with van der Waals surface area (Å²) in [5.41, 5.74) is 1.98. The van der Waals surface area contributed by atoms with E-state index in [9.17, 15) is 19.2 Å². The van der Waals surface area contributed by atoms with E-state index in [0.717, 1.165) is 5.56 Å². The van der Waals surface area contributed by atoms with Crippen molar-refractivity contribution in [3.8, 4) is 0 Å². The highest BCUT2D eigenvalue weighted by Gasteiger charge is 2.39. The average molecular weight is 358 g/mol. The molecule has 3 rings (SSSR count). The maximum atomic E-state index is 12.7. The van der Waals surface area contributed by atoms with Crippen LogP contribution >= 0.6 is 0 Å². The van der Waals surface area contributed by atoms with Crippen LogP contribution in [0.25, 0.3) is 0 Å². The number of fused-ring (bicyclic) bond motifs is 1. The molecular formula is C18H22N4O4. The van der Waals surface area contributed by atoms with Gasteiger partial charge in [-0.2, -0.15) is 0 Å². The van der Waals surface area contributed by atoms with Crippen LogP contribution in [0.15, 0.2) is 18.2 Å². The molecule has 0 aromatic heterocycles. The van der Waals surface area contributed by atoms with E-state index < -0.39 is 11.9 Å². The summed E-state index contributed by atoms with van der Waals surface area (Å²) in [4.78, 5) is 49.5. The minimum atomic E-state index is -0.648. The Kier molecular flexibility index (Phi) is 4.92. The van der Waals surface area contributed by atoms with Crippen LogP contribution < -0.4 is 16.0 Å². The summed E-state index contributed by atoms with van der Waals surface area (Å²) in [6.07, 6.45) is 0.543. The van der Waals surface area contributed by atoms with E-state index in [4.69, 9.17) is 0 Å². The third-order valence-electron chi connectivity index (χ3n) is 4.47. The quantitative estimate of drug-likeness (QED) is 0.660. The van der Waals surface area contributed by atoms with Gasteiger partial charge >= 0.3 is 0 Å². The number of imide groups is 1. The van der Waals surface area contributed by atoms with Crippen LogP contribution in [0.2, 0.25) is 0 Å². The zero-order valence-corrected chi connectivity index (χ0v) is 14.8. The number of carbonyl (C=O) groups excluding carboxylic acids is 4. The van der Waals surface area contributed by atoms with E-state index in [0.29, 0.717) is 17.7 Å². The molecule has 8 nitrogen and oxygen atoms in total. The van der Waals surface area contributed by atoms with E-state index in [1.165, 1.54) is 4.90 Å². The molecule has 2 heterocycles. The van der Waals surface area contributed by atoms with Crippen LogP contribution in [-0.2, 0) is 20.9 Å². The summed E-state index contributed by atoms with van der Waals surface area (Å²) in [5, 5.41) is 8.15. The Morgan fingerprint density at radius 3 is 2.77 bits per heavy atom. The highest BCUT2D eigenvalue weighted by Crippen LogP contribution is 2.32. The second-order valence-electron chi connectivity index (χ2n) is 6.81. The molecule has 1 atom stereocenters. The monoisotopic (exact) mass is 358 g/mol. The van der Waals surface area contributed by atoms with Crippen molar-refractivity contribution in [2.75, 3.05) is 11.9 Å². The van der Waals surface area contributed by atoms with Gasteiger partial charge in [0, 0.05) is 35.8 Å². The molecule has 3 N–H and O–H groups in total. The SMILES string of the molecule is CC(C)NC(=O)CNc1cccc2c1CN(C1CCC(=O)NC1=O)C2=O. The fourth-order valence-corrected chi connectivity index (χ4v) is 3.30. The van der Waals surface area contributed by atoms with Crippen molar-refractivity contribution in [2.24, 2.45) is 0 Å². The molecule has 0 saturated carbocycles. The lowest BCUT2D eigenvalue weighted by Gasteiger charge is -2.29. The van der Waals surface area contributed by atoms with Gasteiger partial charge in [0.2, 0.25) is 17.7 Å². The van der Waals surface area contributed by atoms with Crippen molar-refractivity contribution in [2.45, 2.75) is 45.3 Å². The number of amides is 4. The standard InChI is InChI=1S/C18H22N4O4/c1-10(2)20-16(24)8-19-13-5-3-4-11-12(13)9-22(18(11)26)14-6-7-15(23)21-17(14)25/h3-5,10,14,19H,6-9H2,1-2H3,(H,20,24)(H,21,23,25). The number of rotatable bonds is 5. The Bertz CT molecular complexity index is 774. The first-order valence-electron chi connectivity index (χ1n) is 8.66. The number of nitrogens with one attached hydrogen (secondary N) is 3. The first kappa shape index (κ1) is 17.9. The van der Waals surface area contributed by atoms with Gasteiger partial charge in [-0.25, -0.2) is 0 Å². The van der Waals surface area contributed by atoms with Crippen molar-refractivity contribution < 1.29 is 19.2 Å². The molecule has 0 bridgehead atoms. The molecule has 8 heteroatoms. The summed E-state index contributed by atoms with van der Waals surface area (Å²) in [7, 11) is 0. The molecule has 26 heavy (non-hydrogen) atoms. The molecule has 0 spiro atoms. The highest BCUT2D eigenvalue weighted by atomic mass is 16.2. The smallest absolute Gasteiger partial charge is 0.255 e. The predicted octanol–water partition coefficient (Wildman–Crippen LogP) is 0.384. The lowest BCUT2D eigenvalue weighted by atomic mass is 10.0. The molecule has 138 valence electrons. The summed E-state index contributed by atoms with van der Waals surface area (Å²) in [6.45, 7) is 4.14. The van der Waals surface area contributed by atoms with Crippen molar-refractivity contribution in [3.05, 3.63) is 29.3 Å². The molecule has 2 aliphatic rings. The van der Waals surface area contributed by atoms with Gasteiger partial charge in [0.15, 0.2) is 0 Å². The van der Waals surface area contributed by atoms with Crippen LogP contribution in [-0.4, -0.2) is 47.2 Å². The fourth-order valence-electron chi connectivity index (χ4n) is 3.30. The van der Waals surface area contributed by atoms with Gasteiger partial charge in [0.25, 0.3) is 5.91 Å². The second-order valence-corrected chi connectivity index (χ2v) is 6.81. The van der Waals surface area contributed by atoms with Gasteiger partial charge < -0.3 is 15.5 Å². The topological polar surface area (TPSA) is 108 Å². The minimum Gasteiger partial charge on any atom is -0.376 e. The summed E-state index contributed by atoms with van der Waals surface area (Å²) in [6, 6.07) is 4.67. The van der Waals surface area contributed by atoms with Gasteiger partial charge in [0.05, 0.1) is 6.54 Å². The summed E-state index contributed by atoms with van der Waals surface area (Å²) in [5.74, 6) is -1.11. The zero-order chi connectivity index (χ0) is 18.8. The van der Waals surface area contributed by atoms with E-state index in [-0.39, 0.29) is 43.3 Å². The van der Waals surface area contributed by atoms with E-state index >= 15 is 0 Å². The minimum absolute atomic E-state index is 0.0513. The molecule has 2 aliphatic heterocycles. The van der Waals surface area contributed by atoms with E-state index in [2.05, 4.69) is 16.0 Å². The number of nitrogens with zero attached hydrogens (tertiary/aromatic N) is 1. The van der Waals surface area contributed by atoms with Crippen LogP contribution in [0.1, 0.15) is 42.6 Å². The number of benzene rings is 1. The van der Waals surface area contributed by atoms with Gasteiger partial charge in [-0.15, -0.1) is 0 Å². The van der Waals surface area contributed by atoms with Gasteiger partial charge in [-0.3, -0.25) is 24.5 Å². The molecule has 1 aromatic rings. The lowest BCUT2D eigenvalue weighted by molar-refractivity contribution is -0.137. The maximum Gasteiger partial charge on any atom is 0.255 e. The number of hydrogen-bond donors (Lipinski definition) is 3. The van der Waals surface area contributed by atoms with Gasteiger partial charge in [-0.1, -0.05) is 6.07 Å². The first-order chi connectivity index (χ1) is 12.4. The normalized spacial score (nSPS) is 19.4. The van der Waals surface area contributed by atoms with Crippen molar-refractivity contribution >= 4 is 29.3 Å². The van der Waals surface area contributed by atoms with Crippen LogP contribution in [0.4, 0.5) is 5.69 Å². The Balaban J connectivity index is 1.74. The Morgan fingerprint density at radius 1 is 1.31 bits per heavy atom. The van der Waals surface area contributed by atoms with Gasteiger partial charge in [0.1, 0.15) is 6.04 Å². The molecule has 0 radical (unpaired) electrons. The third kappa shape index (κ3) is 3.54. The molecule has 1 saturated heterocycles. The number of anilines is 1. The largest absolute Gasteiger partial charge is 0.376 e. The molecule has 0 aliphatic carbocycles. The fraction of sp³-hybridized carbons (Fsp3) is 0.444. The van der Waals surface area contributed by atoms with Gasteiger partial charge in [-0.05, 0) is 32.4 Å². The van der Waals surface area contributed by atoms with Crippen molar-refractivity contribution in [3.63, 3.8) is 0 Å². The third-order valence-corrected chi connectivity index (χ3v) is 4.47. The average Bonchev–Trinajstić information content (AvgIpc) is 2.90. The van der Waals surface area contributed by atoms with Crippen LogP contribution in [0.3, 0.4) is 0 Å². The molecule has 1 fully saturated rings. The summed E-state index contributed by atoms with van der Waals surface area (Å²) < 4.78 is 0. The van der Waals surface area contributed by atoms with Crippen molar-refractivity contribution in [1.82, 2.24) is 15.5 Å². The zero-order valence-electron chi connectivity index (χ0n) is 14.8. The predicted molar refractivity (Wildman–Crippen MR) is 94.3 cm³/mol. The summed E-state index contributed by atoms with van der Waals surface area (Å²) >= 11 is 0. The van der Waals surface area contributed by atoms with E-state index in [1.807, 2.05) is 19.9 Å². The highest BCUT2D eigenvalue weighted by molar-refractivity contribution is 6.06.